The standard InChI is InChI=1S/C18H19NO3/c1-13(20)19-17(14-8-10-16(22-2)11-9-14)12-18(21)15-6-4-3-5-7-15/h3-11,17H,12H2,1-2H3,(H,19,20)/t17-/m0/s1. The maximum Gasteiger partial charge on any atom is 0.217 e. The first-order valence-electron chi connectivity index (χ1n) is 7.09. The van der Waals surface area contributed by atoms with Gasteiger partial charge < -0.3 is 10.1 Å². The fraction of sp³-hybridized carbons (Fsp3) is 0.222. The minimum Gasteiger partial charge on any atom is -0.497 e. The topological polar surface area (TPSA) is 55.4 Å². The Kier molecular flexibility index (Phi) is 5.31. The van der Waals surface area contributed by atoms with Gasteiger partial charge in [-0.25, -0.2) is 0 Å². The fourth-order valence-electron chi connectivity index (χ4n) is 2.26. The number of hydrogen-bond donors (Lipinski definition) is 1. The molecule has 114 valence electrons. The summed E-state index contributed by atoms with van der Waals surface area (Å²) >= 11 is 0. The summed E-state index contributed by atoms with van der Waals surface area (Å²) < 4.78 is 5.13. The average molecular weight is 297 g/mol. The van der Waals surface area contributed by atoms with Crippen molar-refractivity contribution in [3.63, 3.8) is 0 Å². The number of Topliss-reactive ketones (excluding diaryl/α,β-unsaturated/α-hetero) is 1. The van der Waals surface area contributed by atoms with Gasteiger partial charge in [-0.3, -0.25) is 9.59 Å². The van der Waals surface area contributed by atoms with Crippen LogP contribution in [0.1, 0.15) is 35.3 Å². The minimum absolute atomic E-state index is 0.00447. The van der Waals surface area contributed by atoms with E-state index in [2.05, 4.69) is 5.32 Å². The van der Waals surface area contributed by atoms with Crippen molar-refractivity contribution in [2.45, 2.75) is 19.4 Å². The van der Waals surface area contributed by atoms with E-state index in [9.17, 15) is 9.59 Å². The molecular weight excluding hydrogens is 278 g/mol. The zero-order chi connectivity index (χ0) is 15.9. The number of ether oxygens (including phenoxy) is 1. The maximum atomic E-state index is 12.4. The van der Waals surface area contributed by atoms with Crippen LogP contribution in [0.5, 0.6) is 5.75 Å². The third kappa shape index (κ3) is 4.19. The summed E-state index contributed by atoms with van der Waals surface area (Å²) in [7, 11) is 1.60. The highest BCUT2D eigenvalue weighted by Crippen LogP contribution is 2.22. The average Bonchev–Trinajstić information content (AvgIpc) is 2.54. The first kappa shape index (κ1) is 15.8. The van der Waals surface area contributed by atoms with E-state index in [-0.39, 0.29) is 24.2 Å². The number of hydrogen-bond acceptors (Lipinski definition) is 3. The molecule has 0 fully saturated rings. The summed E-state index contributed by atoms with van der Waals surface area (Å²) in [5.41, 5.74) is 1.52. The predicted octanol–water partition coefficient (Wildman–Crippen LogP) is 3.15. The Bertz CT molecular complexity index is 635. The summed E-state index contributed by atoms with van der Waals surface area (Å²) in [5, 5.41) is 2.83. The molecule has 0 aromatic heterocycles. The minimum atomic E-state index is -0.351. The summed E-state index contributed by atoms with van der Waals surface area (Å²) in [4.78, 5) is 23.8. The van der Waals surface area contributed by atoms with Gasteiger partial charge in [-0.2, -0.15) is 0 Å². The maximum absolute atomic E-state index is 12.4. The highest BCUT2D eigenvalue weighted by molar-refractivity contribution is 5.96. The zero-order valence-electron chi connectivity index (χ0n) is 12.7. The van der Waals surface area contributed by atoms with Crippen molar-refractivity contribution < 1.29 is 14.3 Å². The number of rotatable bonds is 6. The van der Waals surface area contributed by atoms with E-state index < -0.39 is 0 Å². The fourth-order valence-corrected chi connectivity index (χ4v) is 2.26. The molecule has 0 saturated heterocycles. The molecule has 0 unspecified atom stereocenters. The van der Waals surface area contributed by atoms with Gasteiger partial charge in [-0.15, -0.1) is 0 Å². The Balaban J connectivity index is 2.18. The molecule has 0 radical (unpaired) electrons. The third-order valence-electron chi connectivity index (χ3n) is 3.38. The molecule has 0 spiro atoms. The Morgan fingerprint density at radius 3 is 2.23 bits per heavy atom. The van der Waals surface area contributed by atoms with Crippen molar-refractivity contribution in [2.24, 2.45) is 0 Å². The van der Waals surface area contributed by atoms with Crippen LogP contribution in [0.25, 0.3) is 0 Å². The molecule has 0 bridgehead atoms. The van der Waals surface area contributed by atoms with Crippen LogP contribution in [0.3, 0.4) is 0 Å². The largest absolute Gasteiger partial charge is 0.497 e. The Labute approximate surface area is 130 Å². The second kappa shape index (κ2) is 7.41. The molecule has 1 N–H and O–H groups in total. The molecule has 2 aromatic carbocycles. The van der Waals surface area contributed by atoms with Crippen LogP contribution >= 0.6 is 0 Å². The second-order valence-corrected chi connectivity index (χ2v) is 5.02. The van der Waals surface area contributed by atoms with E-state index in [1.165, 1.54) is 6.92 Å². The van der Waals surface area contributed by atoms with Gasteiger partial charge in [-0.05, 0) is 17.7 Å². The first-order valence-corrected chi connectivity index (χ1v) is 7.09. The molecule has 0 heterocycles. The molecule has 2 aromatic rings. The number of methoxy groups -OCH3 is 1. The van der Waals surface area contributed by atoms with E-state index in [1.807, 2.05) is 42.5 Å². The van der Waals surface area contributed by atoms with Gasteiger partial charge in [0.2, 0.25) is 5.91 Å². The van der Waals surface area contributed by atoms with Gasteiger partial charge in [0.05, 0.1) is 13.2 Å². The Hall–Kier alpha value is -2.62. The lowest BCUT2D eigenvalue weighted by Gasteiger charge is -2.18. The number of benzene rings is 2. The van der Waals surface area contributed by atoms with E-state index in [4.69, 9.17) is 4.74 Å². The van der Waals surface area contributed by atoms with Crippen LogP contribution in [-0.2, 0) is 4.79 Å². The molecule has 22 heavy (non-hydrogen) atoms. The molecule has 0 aliphatic carbocycles. The van der Waals surface area contributed by atoms with Crippen molar-refractivity contribution in [3.8, 4) is 5.75 Å². The van der Waals surface area contributed by atoms with Gasteiger partial charge in [0, 0.05) is 18.9 Å². The van der Waals surface area contributed by atoms with Crippen molar-refractivity contribution in [2.75, 3.05) is 7.11 Å². The monoisotopic (exact) mass is 297 g/mol. The van der Waals surface area contributed by atoms with Crippen LogP contribution in [0.4, 0.5) is 0 Å². The number of amides is 1. The lowest BCUT2D eigenvalue weighted by Crippen LogP contribution is -2.28. The summed E-state index contributed by atoms with van der Waals surface area (Å²) in [6, 6.07) is 16.1. The SMILES string of the molecule is COc1ccc([C@H](CC(=O)c2ccccc2)NC(C)=O)cc1. The summed E-state index contributed by atoms with van der Waals surface area (Å²) in [5.74, 6) is 0.566. The Morgan fingerprint density at radius 2 is 1.68 bits per heavy atom. The highest BCUT2D eigenvalue weighted by atomic mass is 16.5. The molecule has 1 atom stereocenters. The van der Waals surface area contributed by atoms with Crippen molar-refractivity contribution in [1.82, 2.24) is 5.32 Å². The molecule has 2 rings (SSSR count). The van der Waals surface area contributed by atoms with Gasteiger partial charge >= 0.3 is 0 Å². The number of carbonyl (C=O) groups excluding carboxylic acids is 2. The van der Waals surface area contributed by atoms with Gasteiger partial charge in [-0.1, -0.05) is 42.5 Å². The molecule has 0 aliphatic rings. The summed E-state index contributed by atoms with van der Waals surface area (Å²) in [6.07, 6.45) is 0.218. The van der Waals surface area contributed by atoms with Crippen LogP contribution in [0, 0.1) is 0 Å². The van der Waals surface area contributed by atoms with Crippen molar-refractivity contribution >= 4 is 11.7 Å². The molecule has 1 amide bonds. The molecule has 4 heteroatoms. The molecule has 4 nitrogen and oxygen atoms in total. The number of carbonyl (C=O) groups is 2. The van der Waals surface area contributed by atoms with E-state index >= 15 is 0 Å². The first-order chi connectivity index (χ1) is 10.6. The van der Waals surface area contributed by atoms with Crippen LogP contribution in [0.15, 0.2) is 54.6 Å². The molecule has 0 aliphatic heterocycles. The van der Waals surface area contributed by atoms with E-state index in [1.54, 1.807) is 19.2 Å². The van der Waals surface area contributed by atoms with Crippen LogP contribution in [-0.4, -0.2) is 18.8 Å². The Morgan fingerprint density at radius 1 is 1.05 bits per heavy atom. The second-order valence-electron chi connectivity index (χ2n) is 5.02. The number of nitrogens with one attached hydrogen (secondary N) is 1. The molecule has 0 saturated carbocycles. The lowest BCUT2D eigenvalue weighted by atomic mass is 9.97. The van der Waals surface area contributed by atoms with Crippen LogP contribution in [0.2, 0.25) is 0 Å². The van der Waals surface area contributed by atoms with Gasteiger partial charge in [0.25, 0.3) is 0 Å². The third-order valence-corrected chi connectivity index (χ3v) is 3.38. The zero-order valence-corrected chi connectivity index (χ0v) is 12.7. The van der Waals surface area contributed by atoms with Gasteiger partial charge in [0.1, 0.15) is 5.75 Å². The van der Waals surface area contributed by atoms with Crippen LogP contribution < -0.4 is 10.1 Å². The van der Waals surface area contributed by atoms with Gasteiger partial charge in [0.15, 0.2) is 5.78 Å². The summed E-state index contributed by atoms with van der Waals surface area (Å²) in [6.45, 7) is 1.45. The number of ketones is 1. The predicted molar refractivity (Wildman–Crippen MR) is 84.9 cm³/mol. The molecular formula is C18H19NO3. The quantitative estimate of drug-likeness (QED) is 0.833. The smallest absolute Gasteiger partial charge is 0.217 e. The lowest BCUT2D eigenvalue weighted by molar-refractivity contribution is -0.119. The van der Waals surface area contributed by atoms with E-state index in [0.717, 1.165) is 11.3 Å². The van der Waals surface area contributed by atoms with Crippen molar-refractivity contribution in [3.05, 3.63) is 65.7 Å². The normalized spacial score (nSPS) is 11.5. The van der Waals surface area contributed by atoms with E-state index in [0.29, 0.717) is 5.56 Å². The highest BCUT2D eigenvalue weighted by Gasteiger charge is 2.18. The van der Waals surface area contributed by atoms with Crippen molar-refractivity contribution in [1.29, 1.82) is 0 Å².